The molecule has 4 rings (SSSR count). The van der Waals surface area contributed by atoms with Crippen molar-refractivity contribution in [2.75, 3.05) is 12.0 Å². The molecule has 6 nitrogen and oxygen atoms in total. The number of thiocarbonyl (C=S) groups is 1. The number of hydrogen-bond donors (Lipinski definition) is 1. The van der Waals surface area contributed by atoms with E-state index in [1.807, 2.05) is 6.07 Å². The molecule has 0 spiro atoms. The zero-order valence-electron chi connectivity index (χ0n) is 17.9. The standard InChI is InChI=1S/C25H18Cl2N2O4S/c1-32-22-12-15(7-10-21(22)33-14-16-8-9-17(26)13-20(16)27)11-19-23(30)28-25(34)29(24(19)31)18-5-3-2-4-6-18/h2-13H,14H2,1H3,(H,28,30,34)/b19-11-. The number of para-hydroxylation sites is 1. The Bertz CT molecular complexity index is 1310. The summed E-state index contributed by atoms with van der Waals surface area (Å²) in [6, 6.07) is 19.1. The fourth-order valence-electron chi connectivity index (χ4n) is 3.32. The normalized spacial score (nSPS) is 14.9. The van der Waals surface area contributed by atoms with E-state index in [2.05, 4.69) is 5.32 Å². The highest BCUT2D eigenvalue weighted by molar-refractivity contribution is 7.80. The Morgan fingerprint density at radius 2 is 1.76 bits per heavy atom. The number of halogens is 2. The average Bonchev–Trinajstić information content (AvgIpc) is 2.82. The smallest absolute Gasteiger partial charge is 0.270 e. The first-order valence-corrected chi connectivity index (χ1v) is 11.2. The van der Waals surface area contributed by atoms with Crippen LogP contribution < -0.4 is 19.7 Å². The van der Waals surface area contributed by atoms with Crippen LogP contribution in [0.2, 0.25) is 10.0 Å². The summed E-state index contributed by atoms with van der Waals surface area (Å²) in [5.74, 6) is -0.184. The van der Waals surface area contributed by atoms with Crippen LogP contribution in [0.15, 0.2) is 72.3 Å². The van der Waals surface area contributed by atoms with Crippen molar-refractivity contribution in [2.45, 2.75) is 6.61 Å². The summed E-state index contributed by atoms with van der Waals surface area (Å²) < 4.78 is 11.3. The van der Waals surface area contributed by atoms with Crippen LogP contribution >= 0.6 is 35.4 Å². The van der Waals surface area contributed by atoms with E-state index >= 15 is 0 Å². The van der Waals surface area contributed by atoms with E-state index in [0.29, 0.717) is 32.8 Å². The van der Waals surface area contributed by atoms with Crippen LogP contribution in [0.25, 0.3) is 6.08 Å². The van der Waals surface area contributed by atoms with Crippen molar-refractivity contribution in [3.8, 4) is 11.5 Å². The minimum atomic E-state index is -0.571. The lowest BCUT2D eigenvalue weighted by molar-refractivity contribution is -0.122. The molecule has 0 aromatic heterocycles. The summed E-state index contributed by atoms with van der Waals surface area (Å²) in [7, 11) is 1.50. The molecule has 9 heteroatoms. The second-order valence-electron chi connectivity index (χ2n) is 7.23. The predicted octanol–water partition coefficient (Wildman–Crippen LogP) is 5.41. The van der Waals surface area contributed by atoms with Gasteiger partial charge in [-0.1, -0.05) is 53.5 Å². The minimum Gasteiger partial charge on any atom is -0.493 e. The molecule has 0 unspecified atom stereocenters. The van der Waals surface area contributed by atoms with E-state index in [9.17, 15) is 9.59 Å². The van der Waals surface area contributed by atoms with Crippen molar-refractivity contribution >= 4 is 64.1 Å². The fourth-order valence-corrected chi connectivity index (χ4v) is 4.07. The van der Waals surface area contributed by atoms with Crippen LogP contribution in [0.1, 0.15) is 11.1 Å². The molecule has 0 bridgehead atoms. The summed E-state index contributed by atoms with van der Waals surface area (Å²) in [6.07, 6.45) is 1.48. The van der Waals surface area contributed by atoms with E-state index < -0.39 is 11.8 Å². The molecule has 1 fully saturated rings. The van der Waals surface area contributed by atoms with Crippen molar-refractivity contribution in [3.05, 3.63) is 93.5 Å². The first-order valence-electron chi connectivity index (χ1n) is 10.1. The van der Waals surface area contributed by atoms with Gasteiger partial charge in [0.25, 0.3) is 11.8 Å². The first kappa shape index (κ1) is 23.8. The molecule has 0 aliphatic carbocycles. The molecule has 3 aromatic rings. The zero-order chi connectivity index (χ0) is 24.2. The highest BCUT2D eigenvalue weighted by atomic mass is 35.5. The molecule has 0 radical (unpaired) electrons. The van der Waals surface area contributed by atoms with Gasteiger partial charge in [0.2, 0.25) is 0 Å². The lowest BCUT2D eigenvalue weighted by atomic mass is 10.1. The van der Waals surface area contributed by atoms with Crippen molar-refractivity contribution in [2.24, 2.45) is 0 Å². The third kappa shape index (κ3) is 5.07. The number of ether oxygens (including phenoxy) is 2. The van der Waals surface area contributed by atoms with Crippen molar-refractivity contribution in [3.63, 3.8) is 0 Å². The molecule has 0 atom stereocenters. The number of hydrogen-bond acceptors (Lipinski definition) is 5. The Morgan fingerprint density at radius 3 is 2.47 bits per heavy atom. The number of nitrogens with one attached hydrogen (secondary N) is 1. The monoisotopic (exact) mass is 512 g/mol. The molecule has 2 amide bonds. The van der Waals surface area contributed by atoms with Gasteiger partial charge in [0.15, 0.2) is 16.6 Å². The van der Waals surface area contributed by atoms with Gasteiger partial charge >= 0.3 is 0 Å². The Labute approximate surface area is 211 Å². The topological polar surface area (TPSA) is 67.9 Å². The third-order valence-electron chi connectivity index (χ3n) is 5.01. The molecule has 3 aromatic carbocycles. The lowest BCUT2D eigenvalue weighted by Gasteiger charge is -2.28. The fraction of sp³-hybridized carbons (Fsp3) is 0.0800. The Morgan fingerprint density at radius 1 is 1.00 bits per heavy atom. The molecular formula is C25H18Cl2N2O4S. The second kappa shape index (κ2) is 10.3. The van der Waals surface area contributed by atoms with Gasteiger partial charge in [0, 0.05) is 15.6 Å². The van der Waals surface area contributed by atoms with E-state index in [4.69, 9.17) is 44.9 Å². The maximum absolute atomic E-state index is 13.1. The molecule has 34 heavy (non-hydrogen) atoms. The number of nitrogens with zero attached hydrogens (tertiary/aromatic N) is 1. The van der Waals surface area contributed by atoms with Gasteiger partial charge in [0.1, 0.15) is 12.2 Å². The van der Waals surface area contributed by atoms with Gasteiger partial charge in [0.05, 0.1) is 12.8 Å². The average molecular weight is 513 g/mol. The van der Waals surface area contributed by atoms with Crippen molar-refractivity contribution in [1.29, 1.82) is 0 Å². The number of anilines is 1. The maximum Gasteiger partial charge on any atom is 0.270 e. The summed E-state index contributed by atoms with van der Waals surface area (Å²) in [5.41, 5.74) is 1.85. The number of carbonyl (C=O) groups is 2. The summed E-state index contributed by atoms with van der Waals surface area (Å²) in [4.78, 5) is 26.9. The van der Waals surface area contributed by atoms with Crippen LogP contribution in [0, 0.1) is 0 Å². The number of amides is 2. The lowest BCUT2D eigenvalue weighted by Crippen LogP contribution is -2.54. The van der Waals surface area contributed by atoms with E-state index in [0.717, 1.165) is 5.56 Å². The predicted molar refractivity (Wildman–Crippen MR) is 136 cm³/mol. The highest BCUT2D eigenvalue weighted by Gasteiger charge is 2.34. The highest BCUT2D eigenvalue weighted by Crippen LogP contribution is 2.31. The van der Waals surface area contributed by atoms with Gasteiger partial charge < -0.3 is 9.47 Å². The van der Waals surface area contributed by atoms with Gasteiger partial charge in [-0.2, -0.15) is 0 Å². The van der Waals surface area contributed by atoms with Crippen LogP contribution in [-0.2, 0) is 16.2 Å². The Hall–Kier alpha value is -3.39. The molecule has 1 saturated heterocycles. The molecule has 1 N–H and O–H groups in total. The number of carbonyl (C=O) groups excluding carboxylic acids is 2. The van der Waals surface area contributed by atoms with E-state index in [1.165, 1.54) is 18.1 Å². The molecule has 1 aliphatic heterocycles. The van der Waals surface area contributed by atoms with Gasteiger partial charge in [-0.25, -0.2) is 0 Å². The van der Waals surface area contributed by atoms with E-state index in [1.54, 1.807) is 60.7 Å². The number of methoxy groups -OCH3 is 1. The third-order valence-corrected chi connectivity index (χ3v) is 5.88. The molecule has 1 aliphatic rings. The molecular weight excluding hydrogens is 495 g/mol. The largest absolute Gasteiger partial charge is 0.493 e. The zero-order valence-corrected chi connectivity index (χ0v) is 20.2. The van der Waals surface area contributed by atoms with Crippen molar-refractivity contribution in [1.82, 2.24) is 5.32 Å². The summed E-state index contributed by atoms with van der Waals surface area (Å²) in [6.45, 7) is 0.206. The number of rotatable bonds is 6. The van der Waals surface area contributed by atoms with Gasteiger partial charge in [-0.15, -0.1) is 0 Å². The second-order valence-corrected chi connectivity index (χ2v) is 8.46. The summed E-state index contributed by atoms with van der Waals surface area (Å²) >= 11 is 17.4. The Kier molecular flexibility index (Phi) is 7.17. The van der Waals surface area contributed by atoms with Crippen LogP contribution in [0.3, 0.4) is 0 Å². The number of benzene rings is 3. The quantitative estimate of drug-likeness (QED) is 0.271. The Balaban J connectivity index is 1.59. The molecule has 1 heterocycles. The van der Waals surface area contributed by atoms with Crippen LogP contribution in [0.5, 0.6) is 11.5 Å². The molecule has 172 valence electrons. The van der Waals surface area contributed by atoms with Gasteiger partial charge in [-0.3, -0.25) is 19.8 Å². The minimum absolute atomic E-state index is 0.0283. The summed E-state index contributed by atoms with van der Waals surface area (Å²) in [5, 5.41) is 3.63. The SMILES string of the molecule is COc1cc(/C=C2/C(=O)NC(=S)N(c3ccccc3)C2=O)ccc1OCc1ccc(Cl)cc1Cl. The first-order chi connectivity index (χ1) is 16.4. The van der Waals surface area contributed by atoms with Crippen molar-refractivity contribution < 1.29 is 19.1 Å². The van der Waals surface area contributed by atoms with Gasteiger partial charge in [-0.05, 0) is 60.3 Å². The van der Waals surface area contributed by atoms with E-state index in [-0.39, 0.29) is 17.3 Å². The van der Waals surface area contributed by atoms with Crippen LogP contribution in [0.4, 0.5) is 5.69 Å². The van der Waals surface area contributed by atoms with Crippen LogP contribution in [-0.4, -0.2) is 24.0 Å². The maximum atomic E-state index is 13.1. The molecule has 0 saturated carbocycles.